The summed E-state index contributed by atoms with van der Waals surface area (Å²) < 4.78 is 34.4. The summed E-state index contributed by atoms with van der Waals surface area (Å²) in [5.74, 6) is 1.60. The SMILES string of the molecule is CCS(=O)(=O)O.COc1ccc2c(c1)c(CCN1CCCCC1CC1CCCCC1)c(C)n2C(=O)c1ccccc1. The van der Waals surface area contributed by atoms with Crippen LogP contribution in [-0.4, -0.2) is 60.3 Å². The van der Waals surface area contributed by atoms with Gasteiger partial charge in [-0.1, -0.05) is 56.7 Å². The second-order valence-electron chi connectivity index (χ2n) is 11.5. The molecular formula is C33H46N2O5S. The molecule has 3 aromatic rings. The minimum absolute atomic E-state index is 0.0395. The minimum atomic E-state index is -3.66. The van der Waals surface area contributed by atoms with Gasteiger partial charge in [0.2, 0.25) is 0 Å². The van der Waals surface area contributed by atoms with Gasteiger partial charge in [0.25, 0.3) is 16.0 Å². The van der Waals surface area contributed by atoms with Gasteiger partial charge in [-0.3, -0.25) is 13.9 Å². The van der Waals surface area contributed by atoms with Gasteiger partial charge in [0.15, 0.2) is 0 Å². The third kappa shape index (κ3) is 8.21. The molecule has 41 heavy (non-hydrogen) atoms. The van der Waals surface area contributed by atoms with E-state index in [0.29, 0.717) is 0 Å². The van der Waals surface area contributed by atoms with Crippen LogP contribution in [0.25, 0.3) is 10.9 Å². The van der Waals surface area contributed by atoms with Crippen LogP contribution in [-0.2, 0) is 16.5 Å². The van der Waals surface area contributed by atoms with Crippen LogP contribution in [0.15, 0.2) is 48.5 Å². The first-order chi connectivity index (χ1) is 19.7. The van der Waals surface area contributed by atoms with Gasteiger partial charge >= 0.3 is 0 Å². The molecule has 2 aromatic carbocycles. The Balaban J connectivity index is 0.000000585. The Bertz CT molecular complexity index is 1390. The van der Waals surface area contributed by atoms with Crippen molar-refractivity contribution in [1.29, 1.82) is 0 Å². The van der Waals surface area contributed by atoms with Crippen LogP contribution in [0.3, 0.4) is 0 Å². The van der Waals surface area contributed by atoms with Crippen LogP contribution in [0.4, 0.5) is 0 Å². The molecule has 1 atom stereocenters. The number of hydrogen-bond donors (Lipinski definition) is 1. The van der Waals surface area contributed by atoms with Crippen molar-refractivity contribution in [3.63, 3.8) is 0 Å². The zero-order valence-corrected chi connectivity index (χ0v) is 25.7. The standard InChI is InChI=1S/C31H40N2O2.C2H6O3S/c1-23-28(18-20-32-19-10-9-15-26(32)21-24-11-5-3-6-12-24)29-22-27(35-2)16-17-30(29)33(23)31(34)25-13-7-4-8-14-25;1-2-6(3,4)5/h4,7-8,13-14,16-17,22,24,26H,3,5-6,9-12,15,18-21H2,1-2H3;2H2,1H3,(H,3,4,5). The molecular weight excluding hydrogens is 536 g/mol. The van der Waals surface area contributed by atoms with Gasteiger partial charge in [-0.05, 0) is 87.9 Å². The molecule has 8 heteroatoms. The van der Waals surface area contributed by atoms with Crippen molar-refractivity contribution in [3.8, 4) is 5.75 Å². The lowest BCUT2D eigenvalue weighted by Gasteiger charge is -2.38. The van der Waals surface area contributed by atoms with E-state index in [1.54, 1.807) is 7.11 Å². The highest BCUT2D eigenvalue weighted by Gasteiger charge is 2.27. The van der Waals surface area contributed by atoms with E-state index >= 15 is 0 Å². The number of hydrogen-bond acceptors (Lipinski definition) is 5. The van der Waals surface area contributed by atoms with Gasteiger partial charge in [0.05, 0.1) is 18.4 Å². The fraction of sp³-hybridized carbons (Fsp3) is 0.545. The number of carbonyl (C=O) groups excluding carboxylic acids is 1. The number of nitrogens with zero attached hydrogens (tertiary/aromatic N) is 2. The number of likely N-dealkylation sites (tertiary alicyclic amines) is 1. The monoisotopic (exact) mass is 582 g/mol. The van der Waals surface area contributed by atoms with Crippen LogP contribution in [0.2, 0.25) is 0 Å². The zero-order valence-electron chi connectivity index (χ0n) is 24.8. The van der Waals surface area contributed by atoms with Crippen molar-refractivity contribution in [1.82, 2.24) is 9.47 Å². The molecule has 1 N–H and O–H groups in total. The first kappa shape index (κ1) is 31.3. The van der Waals surface area contributed by atoms with Crippen LogP contribution in [0, 0.1) is 12.8 Å². The summed E-state index contributed by atoms with van der Waals surface area (Å²) >= 11 is 0. The first-order valence-corrected chi connectivity index (χ1v) is 16.8. The summed E-state index contributed by atoms with van der Waals surface area (Å²) in [7, 11) is -1.95. The Labute approximate surface area is 245 Å². The second-order valence-corrected chi connectivity index (χ2v) is 13.2. The van der Waals surface area contributed by atoms with Crippen molar-refractivity contribution in [2.24, 2.45) is 5.92 Å². The largest absolute Gasteiger partial charge is 0.497 e. The highest BCUT2D eigenvalue weighted by atomic mass is 32.2. The average molecular weight is 583 g/mol. The normalized spacial score (nSPS) is 18.6. The number of rotatable bonds is 8. The quantitative estimate of drug-likeness (QED) is 0.291. The predicted molar refractivity (Wildman–Crippen MR) is 166 cm³/mol. The summed E-state index contributed by atoms with van der Waals surface area (Å²) in [5.41, 5.74) is 4.04. The van der Waals surface area contributed by atoms with Crippen molar-refractivity contribution in [2.75, 3.05) is 26.0 Å². The van der Waals surface area contributed by atoms with Crippen LogP contribution in [0.1, 0.15) is 86.3 Å². The molecule has 0 spiro atoms. The molecule has 0 amide bonds. The number of benzene rings is 2. The lowest BCUT2D eigenvalue weighted by molar-refractivity contribution is 0.0962. The Morgan fingerprint density at radius 3 is 2.34 bits per heavy atom. The third-order valence-electron chi connectivity index (χ3n) is 8.86. The van der Waals surface area contributed by atoms with Gasteiger partial charge in [-0.15, -0.1) is 0 Å². The fourth-order valence-electron chi connectivity index (χ4n) is 6.56. The number of piperidine rings is 1. The van der Waals surface area contributed by atoms with E-state index < -0.39 is 10.1 Å². The molecule has 1 saturated heterocycles. The Hall–Kier alpha value is -2.68. The fourth-order valence-corrected chi connectivity index (χ4v) is 6.56. The van der Waals surface area contributed by atoms with E-state index in [-0.39, 0.29) is 11.7 Å². The third-order valence-corrected chi connectivity index (χ3v) is 9.59. The molecule has 1 saturated carbocycles. The van der Waals surface area contributed by atoms with E-state index in [2.05, 4.69) is 17.9 Å². The number of methoxy groups -OCH3 is 1. The second kappa shape index (κ2) is 14.5. The molecule has 2 fully saturated rings. The molecule has 1 unspecified atom stereocenters. The van der Waals surface area contributed by atoms with Crippen molar-refractivity contribution in [2.45, 2.75) is 84.1 Å². The van der Waals surface area contributed by atoms with Gasteiger partial charge in [0, 0.05) is 29.2 Å². The summed E-state index contributed by atoms with van der Waals surface area (Å²) in [6, 6.07) is 16.5. The van der Waals surface area contributed by atoms with Crippen LogP contribution < -0.4 is 4.74 Å². The first-order valence-electron chi connectivity index (χ1n) is 15.2. The molecule has 1 aromatic heterocycles. The van der Waals surface area contributed by atoms with Gasteiger partial charge in [-0.25, -0.2) is 0 Å². The number of fused-ring (bicyclic) bond motifs is 1. The van der Waals surface area contributed by atoms with E-state index in [9.17, 15) is 13.2 Å². The molecule has 7 nitrogen and oxygen atoms in total. The van der Waals surface area contributed by atoms with Crippen LogP contribution >= 0.6 is 0 Å². The number of carbonyl (C=O) groups is 1. The van der Waals surface area contributed by atoms with Crippen LogP contribution in [0.5, 0.6) is 5.75 Å². The molecule has 0 radical (unpaired) electrons. The molecule has 5 rings (SSSR count). The van der Waals surface area contributed by atoms with E-state index in [1.807, 2.05) is 47.0 Å². The maximum absolute atomic E-state index is 13.5. The minimum Gasteiger partial charge on any atom is -0.497 e. The molecule has 1 aliphatic heterocycles. The maximum Gasteiger partial charge on any atom is 0.264 e. The zero-order chi connectivity index (χ0) is 29.4. The molecule has 2 aliphatic rings. The summed E-state index contributed by atoms with van der Waals surface area (Å²) in [5, 5.41) is 1.15. The average Bonchev–Trinajstić information content (AvgIpc) is 3.27. The Kier molecular flexibility index (Phi) is 11.0. The molecule has 1 aliphatic carbocycles. The van der Waals surface area contributed by atoms with Crippen molar-refractivity contribution < 1.29 is 22.5 Å². The summed E-state index contributed by atoms with van der Waals surface area (Å²) in [6.07, 6.45) is 13.5. The van der Waals surface area contributed by atoms with Crippen molar-refractivity contribution >= 4 is 26.9 Å². The topological polar surface area (TPSA) is 88.8 Å². The van der Waals surface area contributed by atoms with E-state index in [4.69, 9.17) is 9.29 Å². The summed E-state index contributed by atoms with van der Waals surface area (Å²) in [4.78, 5) is 16.3. The summed E-state index contributed by atoms with van der Waals surface area (Å²) in [6.45, 7) is 5.75. The number of ether oxygens (including phenoxy) is 1. The lowest BCUT2D eigenvalue weighted by atomic mass is 9.82. The smallest absolute Gasteiger partial charge is 0.264 e. The highest BCUT2D eigenvalue weighted by Crippen LogP contribution is 2.34. The molecule has 2 heterocycles. The highest BCUT2D eigenvalue weighted by molar-refractivity contribution is 7.85. The van der Waals surface area contributed by atoms with E-state index in [1.165, 1.54) is 76.8 Å². The van der Waals surface area contributed by atoms with Gasteiger partial charge in [-0.2, -0.15) is 8.42 Å². The van der Waals surface area contributed by atoms with Gasteiger partial charge < -0.3 is 9.64 Å². The predicted octanol–water partition coefficient (Wildman–Crippen LogP) is 6.91. The Morgan fingerprint density at radius 1 is 1.00 bits per heavy atom. The van der Waals surface area contributed by atoms with Crippen molar-refractivity contribution in [3.05, 3.63) is 65.4 Å². The Morgan fingerprint density at radius 2 is 1.68 bits per heavy atom. The van der Waals surface area contributed by atoms with Gasteiger partial charge in [0.1, 0.15) is 5.75 Å². The lowest BCUT2D eigenvalue weighted by Crippen LogP contribution is -2.42. The maximum atomic E-state index is 13.5. The number of aromatic nitrogens is 1. The molecule has 0 bridgehead atoms. The van der Waals surface area contributed by atoms with E-state index in [0.717, 1.165) is 52.8 Å². The molecule has 224 valence electrons.